The number of nitrogens with zero attached hydrogens (tertiary/aromatic N) is 1. The van der Waals surface area contributed by atoms with Crippen molar-refractivity contribution in [2.45, 2.75) is 19.9 Å². The second-order valence-corrected chi connectivity index (χ2v) is 7.61. The summed E-state index contributed by atoms with van der Waals surface area (Å²) < 4.78 is 10.8. The molecule has 2 aromatic carbocycles. The number of carbonyl (C=O) groups excluding carboxylic acids is 2. The Bertz CT molecular complexity index is 871. The van der Waals surface area contributed by atoms with Gasteiger partial charge in [0.2, 0.25) is 5.91 Å². The lowest BCUT2D eigenvalue weighted by atomic mass is 10.1. The minimum absolute atomic E-state index is 0.144. The minimum Gasteiger partial charge on any atom is -0.493 e. The number of hydrogen-bond acceptors (Lipinski definition) is 5. The van der Waals surface area contributed by atoms with Crippen LogP contribution in [0.5, 0.6) is 11.5 Å². The topological polar surface area (TPSA) is 67.9 Å². The molecule has 0 aromatic heterocycles. The number of methoxy groups -OCH3 is 1. The molecule has 7 heteroatoms. The lowest BCUT2D eigenvalue weighted by molar-refractivity contribution is -0.137. The van der Waals surface area contributed by atoms with Crippen molar-refractivity contribution < 1.29 is 19.1 Å². The summed E-state index contributed by atoms with van der Waals surface area (Å²) in [5.74, 6) is 1.70. The number of para-hydroxylation sites is 2. The number of amides is 2. The number of hydrogen-bond donors (Lipinski definition) is 1. The lowest BCUT2D eigenvalue weighted by Gasteiger charge is -2.23. The molecule has 2 amide bonds. The molecule has 1 fully saturated rings. The third-order valence-electron chi connectivity index (χ3n) is 4.70. The van der Waals surface area contributed by atoms with Gasteiger partial charge < -0.3 is 19.7 Å². The molecular formula is C21H24N2O4S. The van der Waals surface area contributed by atoms with Gasteiger partial charge in [0.1, 0.15) is 6.04 Å². The van der Waals surface area contributed by atoms with Gasteiger partial charge in [0.15, 0.2) is 18.1 Å². The number of ether oxygens (including phenoxy) is 2. The van der Waals surface area contributed by atoms with E-state index >= 15 is 0 Å². The normalized spacial score (nSPS) is 16.0. The molecule has 28 heavy (non-hydrogen) atoms. The summed E-state index contributed by atoms with van der Waals surface area (Å²) in [7, 11) is 1.55. The highest BCUT2D eigenvalue weighted by atomic mass is 32.2. The molecule has 1 saturated heterocycles. The summed E-state index contributed by atoms with van der Waals surface area (Å²) in [4.78, 5) is 26.9. The molecule has 0 aliphatic carbocycles. The Morgan fingerprint density at radius 1 is 1.14 bits per heavy atom. The van der Waals surface area contributed by atoms with Crippen molar-refractivity contribution in [3.05, 3.63) is 53.6 Å². The summed E-state index contributed by atoms with van der Waals surface area (Å²) >= 11 is 1.56. The molecular weight excluding hydrogens is 376 g/mol. The van der Waals surface area contributed by atoms with Gasteiger partial charge in [-0.15, -0.1) is 11.8 Å². The Morgan fingerprint density at radius 3 is 2.61 bits per heavy atom. The second kappa shape index (κ2) is 9.01. The van der Waals surface area contributed by atoms with Crippen LogP contribution in [0.15, 0.2) is 42.5 Å². The van der Waals surface area contributed by atoms with Gasteiger partial charge in [-0.05, 0) is 49.2 Å². The molecule has 1 heterocycles. The molecule has 1 atom stereocenters. The van der Waals surface area contributed by atoms with E-state index in [0.29, 0.717) is 23.1 Å². The first-order valence-electron chi connectivity index (χ1n) is 9.00. The minimum atomic E-state index is -0.514. The monoisotopic (exact) mass is 400 g/mol. The van der Waals surface area contributed by atoms with Crippen molar-refractivity contribution in [1.82, 2.24) is 4.90 Å². The summed E-state index contributed by atoms with van der Waals surface area (Å²) in [6.45, 7) is 3.88. The van der Waals surface area contributed by atoms with Crippen LogP contribution in [0.3, 0.4) is 0 Å². The predicted molar refractivity (Wildman–Crippen MR) is 111 cm³/mol. The first-order valence-corrected chi connectivity index (χ1v) is 10.2. The Balaban J connectivity index is 1.62. The fourth-order valence-corrected chi connectivity index (χ4v) is 4.09. The predicted octanol–water partition coefficient (Wildman–Crippen LogP) is 3.23. The third-order valence-corrected chi connectivity index (χ3v) is 5.71. The van der Waals surface area contributed by atoms with Crippen LogP contribution in [0.25, 0.3) is 0 Å². The van der Waals surface area contributed by atoms with Crippen molar-refractivity contribution in [2.24, 2.45) is 0 Å². The average Bonchev–Trinajstić information content (AvgIpc) is 3.19. The summed E-state index contributed by atoms with van der Waals surface area (Å²) in [5.41, 5.74) is 3.01. The van der Waals surface area contributed by atoms with Crippen LogP contribution in [0.4, 0.5) is 5.69 Å². The van der Waals surface area contributed by atoms with Gasteiger partial charge in [0.25, 0.3) is 5.91 Å². The number of thioether (sulfide) groups is 1. The molecule has 148 valence electrons. The standard InChI is InChI=1S/C21H24N2O4S/c1-14-8-9-16(10-15(14)2)22-21(25)17-12-28-13-23(17)20(24)11-27-19-7-5-4-6-18(19)26-3/h4-10,17H,11-13H2,1-3H3,(H,22,25). The van der Waals surface area contributed by atoms with E-state index in [2.05, 4.69) is 5.32 Å². The number of aryl methyl sites for hydroxylation is 2. The fourth-order valence-electron chi connectivity index (χ4n) is 2.91. The Labute approximate surface area is 169 Å². The second-order valence-electron chi connectivity index (χ2n) is 6.61. The summed E-state index contributed by atoms with van der Waals surface area (Å²) in [5, 5.41) is 2.92. The maximum Gasteiger partial charge on any atom is 0.261 e. The van der Waals surface area contributed by atoms with Gasteiger partial charge in [0, 0.05) is 11.4 Å². The number of nitrogens with one attached hydrogen (secondary N) is 1. The van der Waals surface area contributed by atoms with Gasteiger partial charge in [-0.3, -0.25) is 9.59 Å². The van der Waals surface area contributed by atoms with Crippen molar-refractivity contribution in [2.75, 3.05) is 30.7 Å². The van der Waals surface area contributed by atoms with Gasteiger partial charge in [0.05, 0.1) is 13.0 Å². The van der Waals surface area contributed by atoms with Crippen molar-refractivity contribution in [1.29, 1.82) is 0 Å². The van der Waals surface area contributed by atoms with Crippen LogP contribution >= 0.6 is 11.8 Å². The van der Waals surface area contributed by atoms with Crippen LogP contribution in [-0.2, 0) is 9.59 Å². The third kappa shape index (κ3) is 4.59. The van der Waals surface area contributed by atoms with Gasteiger partial charge in [-0.2, -0.15) is 0 Å². The molecule has 1 aliphatic heterocycles. The zero-order valence-corrected chi connectivity index (χ0v) is 17.0. The first kappa shape index (κ1) is 20.1. The van der Waals surface area contributed by atoms with E-state index in [9.17, 15) is 9.59 Å². The van der Waals surface area contributed by atoms with E-state index < -0.39 is 6.04 Å². The van der Waals surface area contributed by atoms with Crippen molar-refractivity contribution >= 4 is 29.3 Å². The maximum absolute atomic E-state index is 12.7. The molecule has 2 aromatic rings. The van der Waals surface area contributed by atoms with E-state index in [4.69, 9.17) is 9.47 Å². The molecule has 3 rings (SSSR count). The van der Waals surface area contributed by atoms with Crippen LogP contribution in [0.1, 0.15) is 11.1 Å². The first-order chi connectivity index (χ1) is 13.5. The van der Waals surface area contributed by atoms with Crippen LogP contribution in [0, 0.1) is 13.8 Å². The van der Waals surface area contributed by atoms with Crippen molar-refractivity contribution in [3.8, 4) is 11.5 Å². The highest BCUT2D eigenvalue weighted by Crippen LogP contribution is 2.27. The highest BCUT2D eigenvalue weighted by molar-refractivity contribution is 7.99. The van der Waals surface area contributed by atoms with Crippen LogP contribution in [-0.4, -0.2) is 48.1 Å². The molecule has 0 saturated carbocycles. The highest BCUT2D eigenvalue weighted by Gasteiger charge is 2.35. The quantitative estimate of drug-likeness (QED) is 0.806. The Hall–Kier alpha value is -2.67. The average molecular weight is 401 g/mol. The number of carbonyl (C=O) groups is 2. The summed E-state index contributed by atoms with van der Waals surface area (Å²) in [6, 6.07) is 12.4. The Kier molecular flexibility index (Phi) is 6.46. The molecule has 1 unspecified atom stereocenters. The van der Waals surface area contributed by atoms with E-state index in [1.165, 1.54) is 5.56 Å². The SMILES string of the molecule is COc1ccccc1OCC(=O)N1CSCC1C(=O)Nc1ccc(C)c(C)c1. The van der Waals surface area contributed by atoms with Crippen molar-refractivity contribution in [3.63, 3.8) is 0 Å². The van der Waals surface area contributed by atoms with Crippen LogP contribution < -0.4 is 14.8 Å². The largest absolute Gasteiger partial charge is 0.493 e. The van der Waals surface area contributed by atoms with Gasteiger partial charge >= 0.3 is 0 Å². The van der Waals surface area contributed by atoms with E-state index in [0.717, 1.165) is 11.3 Å². The van der Waals surface area contributed by atoms with E-state index in [1.807, 2.05) is 44.2 Å². The van der Waals surface area contributed by atoms with Gasteiger partial charge in [-0.1, -0.05) is 18.2 Å². The number of rotatable bonds is 6. The zero-order chi connectivity index (χ0) is 20.1. The molecule has 0 radical (unpaired) electrons. The fraction of sp³-hybridized carbons (Fsp3) is 0.333. The summed E-state index contributed by atoms with van der Waals surface area (Å²) in [6.07, 6.45) is 0. The lowest BCUT2D eigenvalue weighted by Crippen LogP contribution is -2.46. The molecule has 1 aliphatic rings. The maximum atomic E-state index is 12.7. The molecule has 6 nitrogen and oxygen atoms in total. The van der Waals surface area contributed by atoms with E-state index in [1.54, 1.807) is 35.9 Å². The number of anilines is 1. The molecule has 0 spiro atoms. The van der Waals surface area contributed by atoms with E-state index in [-0.39, 0.29) is 18.4 Å². The number of benzene rings is 2. The van der Waals surface area contributed by atoms with Crippen LogP contribution in [0.2, 0.25) is 0 Å². The smallest absolute Gasteiger partial charge is 0.261 e. The Morgan fingerprint density at radius 2 is 1.89 bits per heavy atom. The zero-order valence-electron chi connectivity index (χ0n) is 16.2. The molecule has 1 N–H and O–H groups in total. The van der Waals surface area contributed by atoms with Gasteiger partial charge in [-0.25, -0.2) is 0 Å². The molecule has 0 bridgehead atoms.